The second kappa shape index (κ2) is 7.63. The molecule has 3 nitrogen and oxygen atoms in total. The molecule has 2 rings (SSSR count). The molecule has 0 unspecified atom stereocenters. The number of nitrogens with two attached hydrogens (primary N) is 1. The number of carbonyl (C=O) groups excluding carboxylic acids is 1. The third-order valence-electron chi connectivity index (χ3n) is 3.44. The van der Waals surface area contributed by atoms with Crippen molar-refractivity contribution >= 4 is 29.1 Å². The molecule has 2 atom stereocenters. The zero-order valence-electron chi connectivity index (χ0n) is 12.2. The summed E-state index contributed by atoms with van der Waals surface area (Å²) in [6.07, 6.45) is 0.222. The smallest absolute Gasteiger partial charge is 0.222 e. The Morgan fingerprint density at radius 3 is 2.50 bits per heavy atom. The van der Waals surface area contributed by atoms with Crippen molar-refractivity contribution in [2.75, 3.05) is 0 Å². The van der Waals surface area contributed by atoms with Gasteiger partial charge in [-0.2, -0.15) is 0 Å². The summed E-state index contributed by atoms with van der Waals surface area (Å²) in [5.74, 6) is -0.116. The molecule has 0 heterocycles. The Labute approximate surface area is 140 Å². The summed E-state index contributed by atoms with van der Waals surface area (Å²) in [5.41, 5.74) is 7.82. The predicted molar refractivity (Wildman–Crippen MR) is 91.0 cm³/mol. The third-order valence-corrected chi connectivity index (χ3v) is 4.00. The Kier molecular flexibility index (Phi) is 5.83. The van der Waals surface area contributed by atoms with Crippen molar-refractivity contribution in [2.45, 2.75) is 25.4 Å². The summed E-state index contributed by atoms with van der Waals surface area (Å²) < 4.78 is 0. The van der Waals surface area contributed by atoms with E-state index in [0.29, 0.717) is 10.0 Å². The molecule has 5 heteroatoms. The van der Waals surface area contributed by atoms with Gasteiger partial charge < -0.3 is 11.1 Å². The molecule has 2 aromatic carbocycles. The summed E-state index contributed by atoms with van der Waals surface area (Å²) in [6, 6.07) is 14.3. The molecular weight excluding hydrogens is 319 g/mol. The van der Waals surface area contributed by atoms with Gasteiger partial charge in [0.2, 0.25) is 5.91 Å². The number of hydrogen-bond donors (Lipinski definition) is 2. The lowest BCUT2D eigenvalue weighted by molar-refractivity contribution is -0.122. The zero-order chi connectivity index (χ0) is 16.1. The summed E-state index contributed by atoms with van der Waals surface area (Å²) in [7, 11) is 0. The van der Waals surface area contributed by atoms with E-state index in [1.807, 2.05) is 43.3 Å². The summed E-state index contributed by atoms with van der Waals surface area (Å²) in [6.45, 7) is 1.88. The van der Waals surface area contributed by atoms with Gasteiger partial charge in [0.15, 0.2) is 0 Å². The largest absolute Gasteiger partial charge is 0.349 e. The van der Waals surface area contributed by atoms with E-state index in [1.165, 1.54) is 0 Å². The number of carbonyl (C=O) groups is 1. The predicted octanol–water partition coefficient (Wildman–Crippen LogP) is 4.26. The van der Waals surface area contributed by atoms with Gasteiger partial charge in [-0.15, -0.1) is 0 Å². The van der Waals surface area contributed by atoms with Crippen molar-refractivity contribution in [2.24, 2.45) is 5.73 Å². The molecular formula is C17H18Cl2N2O. The van der Waals surface area contributed by atoms with Gasteiger partial charge in [-0.05, 0) is 30.2 Å². The molecule has 0 spiro atoms. The summed E-state index contributed by atoms with van der Waals surface area (Å²) in [4.78, 5) is 12.1. The molecule has 0 saturated heterocycles. The molecule has 0 aliphatic carbocycles. The van der Waals surface area contributed by atoms with E-state index < -0.39 is 0 Å². The van der Waals surface area contributed by atoms with Crippen molar-refractivity contribution in [3.8, 4) is 0 Å². The first-order valence-electron chi connectivity index (χ1n) is 7.02. The van der Waals surface area contributed by atoms with Crippen molar-refractivity contribution in [3.05, 3.63) is 69.7 Å². The number of benzene rings is 2. The SMILES string of the molecule is C[C@@H](NC(=O)C[C@@H](N)c1ccccc1)c1ccc(Cl)cc1Cl. The highest BCUT2D eigenvalue weighted by atomic mass is 35.5. The summed E-state index contributed by atoms with van der Waals surface area (Å²) >= 11 is 12.0. The topological polar surface area (TPSA) is 55.1 Å². The second-order valence-electron chi connectivity index (χ2n) is 5.18. The van der Waals surface area contributed by atoms with Crippen LogP contribution in [0.4, 0.5) is 0 Å². The maximum atomic E-state index is 12.1. The van der Waals surface area contributed by atoms with Gasteiger partial charge in [0.1, 0.15) is 0 Å². The first kappa shape index (κ1) is 16.8. The summed E-state index contributed by atoms with van der Waals surface area (Å²) in [5, 5.41) is 4.01. The number of nitrogens with one attached hydrogen (secondary N) is 1. The van der Waals surface area contributed by atoms with E-state index >= 15 is 0 Å². The van der Waals surface area contributed by atoms with Gasteiger partial charge in [0.25, 0.3) is 0 Å². The molecule has 22 heavy (non-hydrogen) atoms. The molecule has 3 N–H and O–H groups in total. The van der Waals surface area contributed by atoms with Gasteiger partial charge in [-0.3, -0.25) is 4.79 Å². The molecule has 0 aromatic heterocycles. The molecule has 1 amide bonds. The fraction of sp³-hybridized carbons (Fsp3) is 0.235. The van der Waals surface area contributed by atoms with Crippen LogP contribution in [0.25, 0.3) is 0 Å². The van der Waals surface area contributed by atoms with Crippen LogP contribution < -0.4 is 11.1 Å². The normalized spacial score (nSPS) is 13.5. The first-order chi connectivity index (χ1) is 10.5. The van der Waals surface area contributed by atoms with Crippen molar-refractivity contribution < 1.29 is 4.79 Å². The van der Waals surface area contributed by atoms with Crippen molar-refractivity contribution in [1.82, 2.24) is 5.32 Å². The maximum absolute atomic E-state index is 12.1. The fourth-order valence-electron chi connectivity index (χ4n) is 2.25. The van der Waals surface area contributed by atoms with Crippen molar-refractivity contribution in [1.29, 1.82) is 0 Å². The quantitative estimate of drug-likeness (QED) is 0.856. The lowest BCUT2D eigenvalue weighted by Gasteiger charge is -2.18. The van der Waals surface area contributed by atoms with E-state index in [-0.39, 0.29) is 24.4 Å². The van der Waals surface area contributed by atoms with Crippen LogP contribution in [-0.2, 0) is 4.79 Å². The highest BCUT2D eigenvalue weighted by Crippen LogP contribution is 2.26. The van der Waals surface area contributed by atoms with Crippen LogP contribution in [0.2, 0.25) is 10.0 Å². The average molecular weight is 337 g/mol. The number of hydrogen-bond acceptors (Lipinski definition) is 2. The number of halogens is 2. The van der Waals surface area contributed by atoms with Gasteiger partial charge in [0, 0.05) is 22.5 Å². The number of rotatable bonds is 5. The van der Waals surface area contributed by atoms with E-state index in [2.05, 4.69) is 5.32 Å². The third kappa shape index (κ3) is 4.47. The highest BCUT2D eigenvalue weighted by molar-refractivity contribution is 6.35. The Bertz CT molecular complexity index is 646. The minimum atomic E-state index is -0.325. The van der Waals surface area contributed by atoms with Crippen LogP contribution in [0.3, 0.4) is 0 Å². The lowest BCUT2D eigenvalue weighted by Crippen LogP contribution is -2.30. The highest BCUT2D eigenvalue weighted by Gasteiger charge is 2.16. The van der Waals surface area contributed by atoms with Crippen LogP contribution in [0, 0.1) is 0 Å². The fourth-order valence-corrected chi connectivity index (χ4v) is 2.82. The number of amides is 1. The molecule has 0 aliphatic heterocycles. The molecule has 0 bridgehead atoms. The van der Waals surface area contributed by atoms with E-state index in [9.17, 15) is 4.79 Å². The second-order valence-corrected chi connectivity index (χ2v) is 6.02. The Morgan fingerprint density at radius 1 is 1.18 bits per heavy atom. The van der Waals surface area contributed by atoms with Gasteiger partial charge in [-0.1, -0.05) is 59.6 Å². The Balaban J connectivity index is 1.96. The molecule has 2 aromatic rings. The molecule has 0 fully saturated rings. The minimum Gasteiger partial charge on any atom is -0.349 e. The van der Waals surface area contributed by atoms with Gasteiger partial charge in [-0.25, -0.2) is 0 Å². The Hall–Kier alpha value is -1.55. The van der Waals surface area contributed by atoms with Crippen LogP contribution in [-0.4, -0.2) is 5.91 Å². The lowest BCUT2D eigenvalue weighted by atomic mass is 10.0. The minimum absolute atomic E-state index is 0.116. The van der Waals surface area contributed by atoms with E-state index in [1.54, 1.807) is 12.1 Å². The molecule has 0 aliphatic rings. The standard InChI is InChI=1S/C17H18Cl2N2O/c1-11(14-8-7-13(18)9-15(14)19)21-17(22)10-16(20)12-5-3-2-4-6-12/h2-9,11,16H,10,20H2,1H3,(H,21,22)/t11-,16-/m1/s1. The van der Waals surface area contributed by atoms with Gasteiger partial charge in [0.05, 0.1) is 6.04 Å². The van der Waals surface area contributed by atoms with Crippen LogP contribution in [0.15, 0.2) is 48.5 Å². The molecule has 116 valence electrons. The molecule has 0 radical (unpaired) electrons. The van der Waals surface area contributed by atoms with Crippen molar-refractivity contribution in [3.63, 3.8) is 0 Å². The van der Waals surface area contributed by atoms with Crippen LogP contribution in [0.1, 0.15) is 36.6 Å². The van der Waals surface area contributed by atoms with Gasteiger partial charge >= 0.3 is 0 Å². The van der Waals surface area contributed by atoms with E-state index in [4.69, 9.17) is 28.9 Å². The van der Waals surface area contributed by atoms with Crippen LogP contribution in [0.5, 0.6) is 0 Å². The van der Waals surface area contributed by atoms with Crippen LogP contribution >= 0.6 is 23.2 Å². The Morgan fingerprint density at radius 2 is 1.86 bits per heavy atom. The first-order valence-corrected chi connectivity index (χ1v) is 7.78. The van der Waals surface area contributed by atoms with E-state index in [0.717, 1.165) is 11.1 Å². The maximum Gasteiger partial charge on any atom is 0.222 e. The zero-order valence-corrected chi connectivity index (χ0v) is 13.7. The monoisotopic (exact) mass is 336 g/mol. The molecule has 0 saturated carbocycles. The average Bonchev–Trinajstić information content (AvgIpc) is 2.47.